The first-order chi connectivity index (χ1) is 7.72. The van der Waals surface area contributed by atoms with Gasteiger partial charge >= 0.3 is 0 Å². The maximum absolute atomic E-state index is 13.5. The number of hydrogen-bond donors (Lipinski definition) is 1. The summed E-state index contributed by atoms with van der Waals surface area (Å²) in [5.41, 5.74) is 0.718. The summed E-state index contributed by atoms with van der Waals surface area (Å²) in [5, 5.41) is 9.32. The molecular weight excluding hydrogens is 205 g/mol. The molecule has 2 nitrogen and oxygen atoms in total. The van der Waals surface area contributed by atoms with Gasteiger partial charge in [-0.3, -0.25) is 4.90 Å². The Morgan fingerprint density at radius 1 is 1.44 bits per heavy atom. The molecule has 2 atom stereocenters. The van der Waals surface area contributed by atoms with Crippen molar-refractivity contribution in [3.05, 3.63) is 35.6 Å². The molecule has 3 heteroatoms. The maximum Gasteiger partial charge on any atom is 0.127 e. The van der Waals surface area contributed by atoms with Crippen LogP contribution in [0.5, 0.6) is 0 Å². The second-order valence-electron chi connectivity index (χ2n) is 4.58. The number of aliphatic hydroxyl groups is 1. The average molecular weight is 223 g/mol. The van der Waals surface area contributed by atoms with Crippen LogP contribution >= 0.6 is 0 Å². The Morgan fingerprint density at radius 3 is 2.88 bits per heavy atom. The summed E-state index contributed by atoms with van der Waals surface area (Å²) in [4.78, 5) is 2.17. The van der Waals surface area contributed by atoms with Crippen LogP contribution in [-0.2, 0) is 6.54 Å². The van der Waals surface area contributed by atoms with Crippen molar-refractivity contribution in [1.29, 1.82) is 0 Å². The molecule has 0 radical (unpaired) electrons. The Labute approximate surface area is 95.7 Å². The molecule has 0 aromatic heterocycles. The molecule has 16 heavy (non-hydrogen) atoms. The number of halogens is 1. The zero-order valence-corrected chi connectivity index (χ0v) is 9.56. The summed E-state index contributed by atoms with van der Waals surface area (Å²) >= 11 is 0. The van der Waals surface area contributed by atoms with Gasteiger partial charge in [0.25, 0.3) is 0 Å². The number of likely N-dealkylation sites (tertiary alicyclic amines) is 1. The Hall–Kier alpha value is -0.930. The summed E-state index contributed by atoms with van der Waals surface area (Å²) < 4.78 is 13.5. The molecule has 0 spiro atoms. The van der Waals surface area contributed by atoms with Crippen molar-refractivity contribution in [2.75, 3.05) is 13.2 Å². The smallest absolute Gasteiger partial charge is 0.127 e. The van der Waals surface area contributed by atoms with Crippen LogP contribution in [0.3, 0.4) is 0 Å². The third-order valence-corrected chi connectivity index (χ3v) is 3.52. The lowest BCUT2D eigenvalue weighted by molar-refractivity contribution is 0.133. The molecule has 1 heterocycles. The van der Waals surface area contributed by atoms with Gasteiger partial charge in [0.05, 0.1) is 6.61 Å². The number of hydrogen-bond acceptors (Lipinski definition) is 2. The van der Waals surface area contributed by atoms with Crippen molar-refractivity contribution in [3.63, 3.8) is 0 Å². The summed E-state index contributed by atoms with van der Waals surface area (Å²) in [6, 6.07) is 7.04. The maximum atomic E-state index is 13.5. The van der Waals surface area contributed by atoms with E-state index >= 15 is 0 Å². The topological polar surface area (TPSA) is 23.5 Å². The van der Waals surface area contributed by atoms with E-state index in [0.29, 0.717) is 12.5 Å². The van der Waals surface area contributed by atoms with Crippen LogP contribution in [0.1, 0.15) is 18.9 Å². The highest BCUT2D eigenvalue weighted by molar-refractivity contribution is 5.17. The largest absolute Gasteiger partial charge is 0.395 e. The van der Waals surface area contributed by atoms with Gasteiger partial charge in [-0.2, -0.15) is 0 Å². The van der Waals surface area contributed by atoms with Crippen molar-refractivity contribution in [3.8, 4) is 0 Å². The van der Waals surface area contributed by atoms with Gasteiger partial charge in [-0.15, -0.1) is 0 Å². The van der Waals surface area contributed by atoms with Gasteiger partial charge in [0.15, 0.2) is 0 Å². The van der Waals surface area contributed by atoms with Crippen LogP contribution in [0.2, 0.25) is 0 Å². The summed E-state index contributed by atoms with van der Waals surface area (Å²) in [5.74, 6) is 0.343. The fraction of sp³-hybridized carbons (Fsp3) is 0.538. The van der Waals surface area contributed by atoms with E-state index in [1.54, 1.807) is 6.07 Å². The van der Waals surface area contributed by atoms with E-state index in [-0.39, 0.29) is 18.5 Å². The lowest BCUT2D eigenvalue weighted by Gasteiger charge is -2.25. The van der Waals surface area contributed by atoms with Crippen molar-refractivity contribution >= 4 is 0 Å². The second-order valence-corrected chi connectivity index (χ2v) is 4.58. The van der Waals surface area contributed by atoms with E-state index in [1.165, 1.54) is 6.07 Å². The van der Waals surface area contributed by atoms with Crippen LogP contribution in [0.15, 0.2) is 24.3 Å². The molecule has 1 aliphatic rings. The zero-order valence-electron chi connectivity index (χ0n) is 9.56. The quantitative estimate of drug-likeness (QED) is 0.847. The van der Waals surface area contributed by atoms with Crippen molar-refractivity contribution in [2.45, 2.75) is 25.9 Å². The highest BCUT2D eigenvalue weighted by atomic mass is 19.1. The Balaban J connectivity index is 2.08. The lowest BCUT2D eigenvalue weighted by Crippen LogP contribution is -2.34. The zero-order chi connectivity index (χ0) is 11.5. The number of rotatable bonds is 3. The van der Waals surface area contributed by atoms with Gasteiger partial charge in [-0.05, 0) is 24.9 Å². The molecule has 1 aromatic carbocycles. The van der Waals surface area contributed by atoms with E-state index in [1.807, 2.05) is 12.1 Å². The lowest BCUT2D eigenvalue weighted by atomic mass is 10.0. The molecule has 88 valence electrons. The fourth-order valence-electron chi connectivity index (χ4n) is 2.42. The van der Waals surface area contributed by atoms with E-state index in [9.17, 15) is 9.50 Å². The molecule has 0 aliphatic carbocycles. The van der Waals surface area contributed by atoms with Gasteiger partial charge in [0, 0.05) is 18.2 Å². The molecule has 1 fully saturated rings. The normalized spacial score (nSPS) is 26.2. The first kappa shape index (κ1) is 11.6. The Kier molecular flexibility index (Phi) is 3.56. The van der Waals surface area contributed by atoms with E-state index < -0.39 is 0 Å². The van der Waals surface area contributed by atoms with E-state index in [2.05, 4.69) is 11.8 Å². The van der Waals surface area contributed by atoms with Gasteiger partial charge in [-0.25, -0.2) is 4.39 Å². The fourth-order valence-corrected chi connectivity index (χ4v) is 2.42. The van der Waals surface area contributed by atoms with Gasteiger partial charge < -0.3 is 5.11 Å². The molecule has 0 bridgehead atoms. The molecule has 0 amide bonds. The van der Waals surface area contributed by atoms with E-state index in [0.717, 1.165) is 18.5 Å². The van der Waals surface area contributed by atoms with Crippen LogP contribution in [0, 0.1) is 11.7 Å². The summed E-state index contributed by atoms with van der Waals surface area (Å²) in [7, 11) is 0. The highest BCUT2D eigenvalue weighted by Crippen LogP contribution is 2.25. The predicted molar refractivity (Wildman–Crippen MR) is 61.5 cm³/mol. The molecule has 1 aromatic rings. The minimum atomic E-state index is -0.154. The SMILES string of the molecule is CC1CCN(Cc2ccccc2F)C1CO. The van der Waals surface area contributed by atoms with Gasteiger partial charge in [-0.1, -0.05) is 25.1 Å². The molecular formula is C13H18FNO. The highest BCUT2D eigenvalue weighted by Gasteiger charge is 2.30. The Bertz CT molecular complexity index is 356. The summed E-state index contributed by atoms with van der Waals surface area (Å²) in [6.45, 7) is 3.85. The summed E-state index contributed by atoms with van der Waals surface area (Å²) in [6.07, 6.45) is 1.08. The number of nitrogens with zero attached hydrogens (tertiary/aromatic N) is 1. The average Bonchev–Trinajstić information content (AvgIpc) is 2.63. The van der Waals surface area contributed by atoms with Crippen LogP contribution in [-0.4, -0.2) is 29.2 Å². The monoisotopic (exact) mass is 223 g/mol. The first-order valence-electron chi connectivity index (χ1n) is 5.80. The van der Waals surface area contributed by atoms with Crippen LogP contribution in [0.25, 0.3) is 0 Å². The molecule has 2 unspecified atom stereocenters. The second kappa shape index (κ2) is 4.93. The Morgan fingerprint density at radius 2 is 2.19 bits per heavy atom. The minimum absolute atomic E-state index is 0.154. The first-order valence-corrected chi connectivity index (χ1v) is 5.80. The number of aliphatic hydroxyl groups excluding tert-OH is 1. The van der Waals surface area contributed by atoms with Gasteiger partial charge in [0.1, 0.15) is 5.82 Å². The van der Waals surface area contributed by atoms with E-state index in [4.69, 9.17) is 0 Å². The molecule has 1 N–H and O–H groups in total. The van der Waals surface area contributed by atoms with Crippen molar-refractivity contribution < 1.29 is 9.50 Å². The molecule has 0 saturated carbocycles. The third-order valence-electron chi connectivity index (χ3n) is 3.52. The van der Waals surface area contributed by atoms with Crippen LogP contribution < -0.4 is 0 Å². The van der Waals surface area contributed by atoms with Gasteiger partial charge in [0.2, 0.25) is 0 Å². The third kappa shape index (κ3) is 2.25. The van der Waals surface area contributed by atoms with Crippen LogP contribution in [0.4, 0.5) is 4.39 Å². The molecule has 2 rings (SSSR count). The number of benzene rings is 1. The molecule has 1 saturated heterocycles. The molecule has 1 aliphatic heterocycles. The standard InChI is InChI=1S/C13H18FNO/c1-10-6-7-15(13(10)9-16)8-11-4-2-3-5-12(11)14/h2-5,10,13,16H,6-9H2,1H3. The van der Waals surface area contributed by atoms with Crippen molar-refractivity contribution in [1.82, 2.24) is 4.90 Å². The minimum Gasteiger partial charge on any atom is -0.395 e. The van der Waals surface area contributed by atoms with Crippen molar-refractivity contribution in [2.24, 2.45) is 5.92 Å². The predicted octanol–water partition coefficient (Wildman–Crippen LogP) is 2.03.